The van der Waals surface area contributed by atoms with E-state index in [1.54, 1.807) is 6.92 Å². The fraction of sp³-hybridized carbons (Fsp3) is 0.500. The summed E-state index contributed by atoms with van der Waals surface area (Å²) in [6, 6.07) is 8.29. The minimum absolute atomic E-state index is 0. The molecule has 0 unspecified atom stereocenters. The van der Waals surface area contributed by atoms with E-state index in [1.165, 1.54) is 11.1 Å². The maximum Gasteiger partial charge on any atom is 0.217 e. The van der Waals surface area contributed by atoms with Crippen LogP contribution < -0.4 is 5.32 Å². The van der Waals surface area contributed by atoms with Gasteiger partial charge in [0.15, 0.2) is 0 Å². The van der Waals surface area contributed by atoms with Gasteiger partial charge in [-0.1, -0.05) is 45.0 Å². The third-order valence-corrected chi connectivity index (χ3v) is 2.37. The number of hydrogen-bond acceptors (Lipinski definition) is 1. The summed E-state index contributed by atoms with van der Waals surface area (Å²) in [4.78, 5) is 10.9. The van der Waals surface area contributed by atoms with Crippen LogP contribution in [0.1, 0.15) is 40.2 Å². The van der Waals surface area contributed by atoms with E-state index in [9.17, 15) is 4.79 Å². The van der Waals surface area contributed by atoms with Gasteiger partial charge in [-0.25, -0.2) is 0 Å². The Labute approximate surface area is 99.5 Å². The minimum Gasteiger partial charge on any atom is -0.352 e. The van der Waals surface area contributed by atoms with E-state index >= 15 is 0 Å². The molecule has 90 valence electrons. The Morgan fingerprint density at radius 1 is 1.25 bits per heavy atom. The fourth-order valence-corrected chi connectivity index (χ4v) is 1.69. The number of hydrogen-bond donors (Lipinski definition) is 1. The van der Waals surface area contributed by atoms with Crippen LogP contribution in [-0.2, 0) is 17.8 Å². The largest absolute Gasteiger partial charge is 0.352 e. The molecule has 0 aliphatic heterocycles. The van der Waals surface area contributed by atoms with Gasteiger partial charge in [-0.05, 0) is 23.0 Å². The molecule has 0 radical (unpaired) electrons. The zero-order valence-electron chi connectivity index (χ0n) is 10.6. The second-order valence-electron chi connectivity index (χ2n) is 5.42. The van der Waals surface area contributed by atoms with Crippen LogP contribution in [0, 0.1) is 5.41 Å². The molecule has 0 heterocycles. The average molecular weight is 221 g/mol. The summed E-state index contributed by atoms with van der Waals surface area (Å²) in [7, 11) is 0. The van der Waals surface area contributed by atoms with Crippen molar-refractivity contribution < 1.29 is 6.22 Å². The molecular formula is C14H23NO. The first-order valence-corrected chi connectivity index (χ1v) is 5.70. The van der Waals surface area contributed by atoms with E-state index in [0.29, 0.717) is 6.54 Å². The minimum atomic E-state index is 0. The zero-order valence-corrected chi connectivity index (χ0v) is 10.6. The van der Waals surface area contributed by atoms with Crippen molar-refractivity contribution in [3.63, 3.8) is 0 Å². The van der Waals surface area contributed by atoms with Crippen LogP contribution in [-0.4, -0.2) is 5.91 Å². The van der Waals surface area contributed by atoms with Crippen molar-refractivity contribution in [3.05, 3.63) is 35.4 Å². The Hall–Kier alpha value is -1.31. The van der Waals surface area contributed by atoms with Gasteiger partial charge < -0.3 is 5.32 Å². The Morgan fingerprint density at radius 2 is 1.81 bits per heavy atom. The SMILES string of the molecule is CC(=O)NCc1ccccc1CC(C)(C)C.[HH]. The van der Waals surface area contributed by atoms with Gasteiger partial charge in [0.1, 0.15) is 0 Å². The average Bonchev–Trinajstić information content (AvgIpc) is 2.14. The summed E-state index contributed by atoms with van der Waals surface area (Å²) in [5.74, 6) is 0.0190. The van der Waals surface area contributed by atoms with Gasteiger partial charge in [-0.3, -0.25) is 4.79 Å². The first-order valence-electron chi connectivity index (χ1n) is 5.70. The molecule has 0 atom stereocenters. The number of nitrogens with one attached hydrogen (secondary N) is 1. The van der Waals surface area contributed by atoms with Gasteiger partial charge in [-0.15, -0.1) is 0 Å². The lowest BCUT2D eigenvalue weighted by molar-refractivity contribution is -0.119. The molecule has 16 heavy (non-hydrogen) atoms. The molecule has 0 fully saturated rings. The van der Waals surface area contributed by atoms with Gasteiger partial charge >= 0.3 is 0 Å². The van der Waals surface area contributed by atoms with E-state index in [0.717, 1.165) is 6.42 Å². The molecule has 0 aliphatic rings. The monoisotopic (exact) mass is 221 g/mol. The molecule has 0 aromatic heterocycles. The van der Waals surface area contributed by atoms with Crippen LogP contribution in [0.4, 0.5) is 0 Å². The lowest BCUT2D eigenvalue weighted by Gasteiger charge is -2.20. The molecule has 0 aliphatic carbocycles. The van der Waals surface area contributed by atoms with E-state index in [2.05, 4.69) is 44.3 Å². The van der Waals surface area contributed by atoms with Crippen molar-refractivity contribution >= 4 is 5.91 Å². The topological polar surface area (TPSA) is 29.1 Å². The number of rotatable bonds is 3. The van der Waals surface area contributed by atoms with Crippen LogP contribution in [0.2, 0.25) is 0 Å². The Kier molecular flexibility index (Phi) is 4.11. The molecule has 0 bridgehead atoms. The maximum absolute atomic E-state index is 10.9. The van der Waals surface area contributed by atoms with E-state index in [-0.39, 0.29) is 12.7 Å². The van der Waals surface area contributed by atoms with Crippen LogP contribution >= 0.6 is 0 Å². The normalized spacial score (nSPS) is 11.2. The Bertz CT molecular complexity index is 369. The molecule has 2 nitrogen and oxygen atoms in total. The van der Waals surface area contributed by atoms with Crippen LogP contribution in [0.3, 0.4) is 0 Å². The molecule has 1 N–H and O–H groups in total. The quantitative estimate of drug-likeness (QED) is 0.834. The number of carbonyl (C=O) groups is 1. The van der Waals surface area contributed by atoms with E-state index < -0.39 is 0 Å². The highest BCUT2D eigenvalue weighted by atomic mass is 16.1. The second-order valence-corrected chi connectivity index (χ2v) is 5.42. The lowest BCUT2D eigenvalue weighted by Crippen LogP contribution is -2.20. The molecule has 1 aromatic carbocycles. The highest BCUT2D eigenvalue weighted by molar-refractivity contribution is 5.72. The van der Waals surface area contributed by atoms with Gasteiger partial charge in [0.2, 0.25) is 5.91 Å². The molecule has 0 spiro atoms. The van der Waals surface area contributed by atoms with E-state index in [4.69, 9.17) is 0 Å². The summed E-state index contributed by atoms with van der Waals surface area (Å²) in [5, 5.41) is 2.85. The third kappa shape index (κ3) is 4.47. The highest BCUT2D eigenvalue weighted by Crippen LogP contribution is 2.22. The summed E-state index contributed by atoms with van der Waals surface area (Å²) < 4.78 is 0. The number of carbonyl (C=O) groups excluding carboxylic acids is 1. The summed E-state index contributed by atoms with van der Waals surface area (Å²) in [5.41, 5.74) is 2.81. The molecule has 1 rings (SSSR count). The van der Waals surface area contributed by atoms with Gasteiger partial charge in [0.25, 0.3) is 0 Å². The first kappa shape index (κ1) is 12.8. The molecule has 0 saturated carbocycles. The second kappa shape index (κ2) is 5.15. The number of amides is 1. The predicted octanol–water partition coefficient (Wildman–Crippen LogP) is 3.16. The summed E-state index contributed by atoms with van der Waals surface area (Å²) in [6.45, 7) is 8.85. The zero-order chi connectivity index (χ0) is 12.2. The van der Waals surface area contributed by atoms with Gasteiger partial charge in [-0.2, -0.15) is 0 Å². The van der Waals surface area contributed by atoms with E-state index in [1.807, 2.05) is 6.07 Å². The Balaban J connectivity index is 0.00000256. The molecular weight excluding hydrogens is 198 g/mol. The third-order valence-electron chi connectivity index (χ3n) is 2.37. The standard InChI is InChI=1S/C14H21NO.H2/c1-11(16)15-10-13-8-6-5-7-12(13)9-14(2,3)4;/h5-8H,9-10H2,1-4H3,(H,15,16);1H. The smallest absolute Gasteiger partial charge is 0.217 e. The Morgan fingerprint density at radius 3 is 2.31 bits per heavy atom. The molecule has 2 heteroatoms. The highest BCUT2D eigenvalue weighted by Gasteiger charge is 2.13. The van der Waals surface area contributed by atoms with Crippen LogP contribution in [0.5, 0.6) is 0 Å². The van der Waals surface area contributed by atoms with Crippen LogP contribution in [0.25, 0.3) is 0 Å². The maximum atomic E-state index is 10.9. The van der Waals surface area contributed by atoms with Crippen molar-refractivity contribution in [1.29, 1.82) is 0 Å². The van der Waals surface area contributed by atoms with Crippen molar-refractivity contribution in [1.82, 2.24) is 5.32 Å². The van der Waals surface area contributed by atoms with Crippen LogP contribution in [0.15, 0.2) is 24.3 Å². The summed E-state index contributed by atoms with van der Waals surface area (Å²) >= 11 is 0. The summed E-state index contributed by atoms with van der Waals surface area (Å²) in [6.07, 6.45) is 1.03. The van der Waals surface area contributed by atoms with Crippen molar-refractivity contribution in [2.24, 2.45) is 5.41 Å². The van der Waals surface area contributed by atoms with Gasteiger partial charge in [0, 0.05) is 14.9 Å². The fourth-order valence-electron chi connectivity index (χ4n) is 1.69. The molecule has 1 amide bonds. The van der Waals surface area contributed by atoms with Crippen molar-refractivity contribution in [2.75, 3.05) is 0 Å². The van der Waals surface area contributed by atoms with Crippen molar-refractivity contribution in [2.45, 2.75) is 40.7 Å². The van der Waals surface area contributed by atoms with Gasteiger partial charge in [0.05, 0.1) is 0 Å². The lowest BCUT2D eigenvalue weighted by atomic mass is 9.86. The predicted molar refractivity (Wildman–Crippen MR) is 69.2 cm³/mol. The van der Waals surface area contributed by atoms with Crippen molar-refractivity contribution in [3.8, 4) is 0 Å². The molecule has 1 aromatic rings. The number of benzene rings is 1. The first-order chi connectivity index (χ1) is 7.38. The molecule has 0 saturated heterocycles.